The molecule has 98 valence electrons. The van der Waals surface area contributed by atoms with Crippen LogP contribution in [0.1, 0.15) is 39.0 Å². The molecule has 0 aromatic heterocycles. The quantitative estimate of drug-likeness (QED) is 0.776. The molecule has 2 aliphatic heterocycles. The van der Waals surface area contributed by atoms with E-state index in [4.69, 9.17) is 5.73 Å². The first-order chi connectivity index (χ1) is 8.18. The Morgan fingerprint density at radius 2 is 1.82 bits per heavy atom. The fraction of sp³-hybridized carbons (Fsp3) is 0.923. The molecule has 4 nitrogen and oxygen atoms in total. The van der Waals surface area contributed by atoms with E-state index in [2.05, 4.69) is 9.80 Å². The van der Waals surface area contributed by atoms with Crippen LogP contribution in [-0.2, 0) is 4.79 Å². The average molecular weight is 239 g/mol. The van der Waals surface area contributed by atoms with Gasteiger partial charge in [-0.2, -0.15) is 0 Å². The fourth-order valence-corrected chi connectivity index (χ4v) is 2.88. The minimum absolute atomic E-state index is 0.0154. The number of rotatable bonds is 2. The second-order valence-electron chi connectivity index (χ2n) is 5.46. The lowest BCUT2D eigenvalue weighted by Gasteiger charge is -2.29. The van der Waals surface area contributed by atoms with E-state index in [0.29, 0.717) is 5.91 Å². The number of nitrogens with two attached hydrogens (primary N) is 1. The zero-order valence-corrected chi connectivity index (χ0v) is 10.9. The van der Waals surface area contributed by atoms with Gasteiger partial charge in [0.1, 0.15) is 0 Å². The van der Waals surface area contributed by atoms with Gasteiger partial charge in [-0.3, -0.25) is 9.69 Å². The van der Waals surface area contributed by atoms with Gasteiger partial charge in [0.25, 0.3) is 0 Å². The molecule has 1 amide bonds. The van der Waals surface area contributed by atoms with Crippen LogP contribution in [0.5, 0.6) is 0 Å². The Bertz CT molecular complexity index is 261. The Balaban J connectivity index is 1.89. The summed E-state index contributed by atoms with van der Waals surface area (Å²) in [5.41, 5.74) is 5.90. The first kappa shape index (κ1) is 12.8. The summed E-state index contributed by atoms with van der Waals surface area (Å²) in [5.74, 6) is 0.306. The minimum Gasteiger partial charge on any atom is -0.341 e. The lowest BCUT2D eigenvalue weighted by molar-refractivity contribution is -0.136. The molecule has 2 saturated heterocycles. The molecule has 2 atom stereocenters. The monoisotopic (exact) mass is 239 g/mol. The predicted octanol–water partition coefficient (Wildman–Crippen LogP) is 0.811. The average Bonchev–Trinajstić information content (AvgIpc) is 2.60. The number of nitrogens with zero attached hydrogens (tertiary/aromatic N) is 2. The van der Waals surface area contributed by atoms with E-state index in [0.717, 1.165) is 45.4 Å². The van der Waals surface area contributed by atoms with Gasteiger partial charge in [-0.25, -0.2) is 0 Å². The predicted molar refractivity (Wildman–Crippen MR) is 68.7 cm³/mol. The minimum atomic E-state index is 0.0154. The van der Waals surface area contributed by atoms with Crippen molar-refractivity contribution >= 4 is 5.91 Å². The van der Waals surface area contributed by atoms with Gasteiger partial charge in [0.2, 0.25) is 5.91 Å². The zero-order valence-electron chi connectivity index (χ0n) is 10.9. The van der Waals surface area contributed by atoms with E-state index in [1.54, 1.807) is 0 Å². The molecular formula is C13H25N3O. The van der Waals surface area contributed by atoms with Gasteiger partial charge in [0.05, 0.1) is 6.04 Å². The third kappa shape index (κ3) is 3.19. The largest absolute Gasteiger partial charge is 0.341 e. The number of hydrogen-bond donors (Lipinski definition) is 1. The van der Waals surface area contributed by atoms with Crippen LogP contribution in [0.15, 0.2) is 0 Å². The second kappa shape index (κ2) is 5.83. The van der Waals surface area contributed by atoms with E-state index in [9.17, 15) is 4.79 Å². The maximum Gasteiger partial charge on any atom is 0.239 e. The van der Waals surface area contributed by atoms with Crippen LogP contribution in [0.4, 0.5) is 0 Å². The molecule has 0 aliphatic carbocycles. The molecule has 4 heteroatoms. The van der Waals surface area contributed by atoms with Gasteiger partial charge >= 0.3 is 0 Å². The molecule has 0 saturated carbocycles. The van der Waals surface area contributed by atoms with Crippen molar-refractivity contribution < 1.29 is 4.79 Å². The molecule has 0 aromatic carbocycles. The van der Waals surface area contributed by atoms with Crippen LogP contribution in [0.25, 0.3) is 0 Å². The van der Waals surface area contributed by atoms with Crippen molar-refractivity contribution in [1.82, 2.24) is 9.80 Å². The Morgan fingerprint density at radius 1 is 1.18 bits per heavy atom. The Kier molecular flexibility index (Phi) is 4.40. The van der Waals surface area contributed by atoms with Gasteiger partial charge in [-0.1, -0.05) is 12.8 Å². The highest BCUT2D eigenvalue weighted by Crippen LogP contribution is 2.16. The molecule has 17 heavy (non-hydrogen) atoms. The normalized spacial score (nSPS) is 29.1. The van der Waals surface area contributed by atoms with Crippen molar-refractivity contribution in [3.05, 3.63) is 0 Å². The van der Waals surface area contributed by atoms with Crippen molar-refractivity contribution in [2.45, 2.75) is 51.1 Å². The molecule has 2 aliphatic rings. The Hall–Kier alpha value is -0.610. The van der Waals surface area contributed by atoms with Crippen LogP contribution in [0.2, 0.25) is 0 Å². The molecule has 1 unspecified atom stereocenters. The van der Waals surface area contributed by atoms with Crippen LogP contribution in [-0.4, -0.2) is 54.0 Å². The molecule has 0 spiro atoms. The number of likely N-dealkylation sites (tertiary alicyclic amines) is 2. The van der Waals surface area contributed by atoms with Crippen molar-refractivity contribution in [1.29, 1.82) is 0 Å². The lowest BCUT2D eigenvalue weighted by atomic mass is 10.2. The number of hydrogen-bond acceptors (Lipinski definition) is 3. The van der Waals surface area contributed by atoms with Crippen LogP contribution in [0, 0.1) is 0 Å². The third-order valence-electron chi connectivity index (χ3n) is 4.08. The molecule has 0 radical (unpaired) electrons. The molecule has 0 aromatic rings. The first-order valence-electron chi connectivity index (χ1n) is 6.97. The molecular weight excluding hydrogens is 214 g/mol. The fourth-order valence-electron chi connectivity index (χ4n) is 2.88. The number of carbonyl (C=O) groups excluding carboxylic acids is 1. The summed E-state index contributed by atoms with van der Waals surface area (Å²) in [7, 11) is 0. The van der Waals surface area contributed by atoms with Crippen LogP contribution >= 0.6 is 0 Å². The van der Waals surface area contributed by atoms with Gasteiger partial charge in [-0.15, -0.1) is 0 Å². The van der Waals surface area contributed by atoms with Crippen LogP contribution < -0.4 is 5.73 Å². The van der Waals surface area contributed by atoms with E-state index >= 15 is 0 Å². The Morgan fingerprint density at radius 3 is 2.35 bits per heavy atom. The summed E-state index contributed by atoms with van der Waals surface area (Å²) in [6, 6.07) is 0.274. The van der Waals surface area contributed by atoms with Gasteiger partial charge in [0, 0.05) is 32.2 Å². The SMILES string of the molecule is CC(C(=O)N1CCCCCC1)N1CC[C@H](N)C1. The summed E-state index contributed by atoms with van der Waals surface area (Å²) in [4.78, 5) is 16.7. The number of amides is 1. The first-order valence-corrected chi connectivity index (χ1v) is 6.97. The lowest BCUT2D eigenvalue weighted by Crippen LogP contribution is -2.47. The summed E-state index contributed by atoms with van der Waals surface area (Å²) in [6.07, 6.45) is 5.90. The van der Waals surface area contributed by atoms with Gasteiger partial charge in [0.15, 0.2) is 0 Å². The molecule has 2 rings (SSSR count). The maximum absolute atomic E-state index is 12.4. The highest BCUT2D eigenvalue weighted by Gasteiger charge is 2.30. The standard InChI is InChI=1S/C13H25N3O/c1-11(16-9-6-12(14)10-16)13(17)15-7-4-2-3-5-8-15/h11-12H,2-10,14H2,1H3/t11?,12-/m0/s1. The summed E-state index contributed by atoms with van der Waals surface area (Å²) in [5, 5.41) is 0. The van der Waals surface area contributed by atoms with Crippen molar-refractivity contribution in [3.8, 4) is 0 Å². The van der Waals surface area contributed by atoms with Crippen molar-refractivity contribution in [3.63, 3.8) is 0 Å². The topological polar surface area (TPSA) is 49.6 Å². The van der Waals surface area contributed by atoms with E-state index < -0.39 is 0 Å². The Labute approximate surface area is 104 Å². The van der Waals surface area contributed by atoms with Crippen molar-refractivity contribution in [2.24, 2.45) is 5.73 Å². The highest BCUT2D eigenvalue weighted by atomic mass is 16.2. The molecule has 2 N–H and O–H groups in total. The number of carbonyl (C=O) groups is 1. The van der Waals surface area contributed by atoms with E-state index in [-0.39, 0.29) is 12.1 Å². The third-order valence-corrected chi connectivity index (χ3v) is 4.08. The van der Waals surface area contributed by atoms with E-state index in [1.807, 2.05) is 6.92 Å². The molecule has 2 fully saturated rings. The summed E-state index contributed by atoms with van der Waals surface area (Å²) in [6.45, 7) is 5.78. The summed E-state index contributed by atoms with van der Waals surface area (Å²) >= 11 is 0. The van der Waals surface area contributed by atoms with E-state index in [1.165, 1.54) is 12.8 Å². The van der Waals surface area contributed by atoms with Gasteiger partial charge in [-0.05, 0) is 26.2 Å². The smallest absolute Gasteiger partial charge is 0.239 e. The maximum atomic E-state index is 12.4. The van der Waals surface area contributed by atoms with Gasteiger partial charge < -0.3 is 10.6 Å². The zero-order chi connectivity index (χ0) is 12.3. The second-order valence-corrected chi connectivity index (χ2v) is 5.46. The van der Waals surface area contributed by atoms with Crippen molar-refractivity contribution in [2.75, 3.05) is 26.2 Å². The van der Waals surface area contributed by atoms with Crippen LogP contribution in [0.3, 0.4) is 0 Å². The molecule has 0 bridgehead atoms. The summed E-state index contributed by atoms with van der Waals surface area (Å²) < 4.78 is 0. The highest BCUT2D eigenvalue weighted by molar-refractivity contribution is 5.81. The molecule has 2 heterocycles.